The van der Waals surface area contributed by atoms with Crippen LogP contribution in [-0.2, 0) is 4.57 Å². The molecule has 1 aliphatic rings. The molecule has 3 aromatic rings. The molecule has 0 radical (unpaired) electrons. The quantitative estimate of drug-likeness (QED) is 0.677. The van der Waals surface area contributed by atoms with Crippen LogP contribution in [0.4, 0.5) is 0 Å². The average molecular weight is 346 g/mol. The van der Waals surface area contributed by atoms with Crippen molar-refractivity contribution in [1.29, 1.82) is 0 Å². The standard InChI is InChI=1S/C22H19O2P/c1-15-13-16(2)20-19(14-15)21(23)22(20)25(24,17-9-5-3-6-10-17)18-11-7-4-8-12-18/h3-14,23H,1-2H3. The number of hydrogen-bond acceptors (Lipinski definition) is 2. The number of benzene rings is 3. The summed E-state index contributed by atoms with van der Waals surface area (Å²) in [5.41, 5.74) is 3.88. The Morgan fingerprint density at radius 3 is 1.84 bits per heavy atom. The first-order valence-corrected chi connectivity index (χ1v) is 10.0. The molecule has 0 fully saturated rings. The molecule has 0 bridgehead atoms. The van der Waals surface area contributed by atoms with Crippen molar-refractivity contribution in [1.82, 2.24) is 0 Å². The Hall–Kier alpha value is -2.57. The Morgan fingerprint density at radius 1 is 0.800 bits per heavy atom. The van der Waals surface area contributed by atoms with Crippen LogP contribution in [0.3, 0.4) is 0 Å². The van der Waals surface area contributed by atoms with Gasteiger partial charge in [-0.1, -0.05) is 72.3 Å². The van der Waals surface area contributed by atoms with E-state index in [9.17, 15) is 9.67 Å². The van der Waals surface area contributed by atoms with Crippen LogP contribution in [0.2, 0.25) is 0 Å². The van der Waals surface area contributed by atoms with E-state index >= 15 is 0 Å². The van der Waals surface area contributed by atoms with Crippen LogP contribution >= 0.6 is 7.14 Å². The molecule has 3 heteroatoms. The average Bonchev–Trinajstić information content (AvgIpc) is 2.64. The maximum absolute atomic E-state index is 14.4. The molecule has 0 heterocycles. The van der Waals surface area contributed by atoms with Gasteiger partial charge < -0.3 is 9.67 Å². The summed E-state index contributed by atoms with van der Waals surface area (Å²) in [6, 6.07) is 23.0. The van der Waals surface area contributed by atoms with E-state index in [-0.39, 0.29) is 5.76 Å². The largest absolute Gasteiger partial charge is 0.506 e. The zero-order valence-electron chi connectivity index (χ0n) is 14.2. The van der Waals surface area contributed by atoms with Crippen molar-refractivity contribution in [3.05, 3.63) is 95.1 Å². The topological polar surface area (TPSA) is 37.3 Å². The monoisotopic (exact) mass is 346 g/mol. The Labute approximate surface area is 147 Å². The van der Waals surface area contributed by atoms with Crippen LogP contribution in [-0.4, -0.2) is 5.11 Å². The molecule has 0 spiro atoms. The summed E-state index contributed by atoms with van der Waals surface area (Å²) in [6.07, 6.45) is 0. The third-order valence-electron chi connectivity index (χ3n) is 4.75. The summed E-state index contributed by atoms with van der Waals surface area (Å²) in [5, 5.41) is 12.8. The Bertz CT molecular complexity index is 991. The first-order chi connectivity index (χ1) is 12.0. The van der Waals surface area contributed by atoms with E-state index in [1.165, 1.54) is 0 Å². The second kappa shape index (κ2) is 5.75. The van der Waals surface area contributed by atoms with Gasteiger partial charge in [0.05, 0.1) is 5.31 Å². The second-order valence-electron chi connectivity index (χ2n) is 6.48. The third-order valence-corrected chi connectivity index (χ3v) is 7.87. The summed E-state index contributed by atoms with van der Waals surface area (Å²) < 4.78 is 14.4. The van der Waals surface area contributed by atoms with Gasteiger partial charge >= 0.3 is 0 Å². The first-order valence-electron chi connectivity index (χ1n) is 8.30. The van der Waals surface area contributed by atoms with Crippen molar-refractivity contribution in [2.45, 2.75) is 13.8 Å². The molecular weight excluding hydrogens is 327 g/mol. The lowest BCUT2D eigenvalue weighted by Gasteiger charge is -2.32. The number of fused-ring (bicyclic) bond motifs is 1. The minimum absolute atomic E-state index is 0.165. The predicted molar refractivity (Wildman–Crippen MR) is 105 cm³/mol. The van der Waals surface area contributed by atoms with Crippen molar-refractivity contribution in [2.75, 3.05) is 0 Å². The van der Waals surface area contributed by atoms with Crippen molar-refractivity contribution in [3.8, 4) is 0 Å². The minimum atomic E-state index is -3.13. The smallest absolute Gasteiger partial charge is 0.175 e. The lowest BCUT2D eigenvalue weighted by molar-refractivity contribution is 0.509. The number of hydrogen-bond donors (Lipinski definition) is 1. The molecule has 0 atom stereocenters. The molecule has 25 heavy (non-hydrogen) atoms. The van der Waals surface area contributed by atoms with E-state index in [0.717, 1.165) is 32.9 Å². The first kappa shape index (κ1) is 15.9. The summed E-state index contributed by atoms with van der Waals surface area (Å²) in [7, 11) is -3.13. The number of aryl methyl sites for hydroxylation is 2. The highest BCUT2D eigenvalue weighted by molar-refractivity contribution is 7.88. The maximum atomic E-state index is 14.4. The number of aliphatic hydroxyl groups excluding tert-OH is 1. The lowest BCUT2D eigenvalue weighted by atomic mass is 9.89. The van der Waals surface area contributed by atoms with Gasteiger partial charge in [-0.3, -0.25) is 0 Å². The normalized spacial score (nSPS) is 13.4. The summed E-state index contributed by atoms with van der Waals surface area (Å²) in [5.74, 6) is 0.165. The molecule has 0 amide bonds. The maximum Gasteiger partial charge on any atom is 0.175 e. The summed E-state index contributed by atoms with van der Waals surface area (Å²) in [6.45, 7) is 4.02. The van der Waals surface area contributed by atoms with Gasteiger partial charge in [0.15, 0.2) is 7.14 Å². The van der Waals surface area contributed by atoms with Gasteiger partial charge in [0.25, 0.3) is 0 Å². The molecule has 0 saturated heterocycles. The van der Waals surface area contributed by atoms with Crippen LogP contribution in [0, 0.1) is 13.8 Å². The molecule has 1 N–H and O–H groups in total. The fourth-order valence-electron chi connectivity index (χ4n) is 3.64. The van der Waals surface area contributed by atoms with Crippen molar-refractivity contribution >= 4 is 28.8 Å². The molecule has 0 unspecified atom stereocenters. The lowest BCUT2D eigenvalue weighted by Crippen LogP contribution is -2.22. The minimum Gasteiger partial charge on any atom is -0.506 e. The van der Waals surface area contributed by atoms with Gasteiger partial charge in [0, 0.05) is 21.7 Å². The van der Waals surface area contributed by atoms with E-state index in [1.54, 1.807) is 0 Å². The van der Waals surface area contributed by atoms with Crippen LogP contribution in [0.15, 0.2) is 72.8 Å². The molecule has 0 saturated carbocycles. The fourth-order valence-corrected chi connectivity index (χ4v) is 6.67. The number of rotatable bonds is 3. The van der Waals surface area contributed by atoms with Crippen molar-refractivity contribution in [2.24, 2.45) is 0 Å². The molecule has 0 aromatic heterocycles. The molecule has 124 valence electrons. The Morgan fingerprint density at radius 2 is 1.32 bits per heavy atom. The van der Waals surface area contributed by atoms with Crippen LogP contribution in [0.1, 0.15) is 22.3 Å². The van der Waals surface area contributed by atoms with E-state index in [1.807, 2.05) is 80.6 Å². The van der Waals surface area contributed by atoms with Crippen LogP contribution < -0.4 is 10.6 Å². The van der Waals surface area contributed by atoms with Crippen LogP contribution in [0.25, 0.3) is 11.1 Å². The predicted octanol–water partition coefficient (Wildman–Crippen LogP) is 5.01. The molecule has 2 nitrogen and oxygen atoms in total. The Kier molecular flexibility index (Phi) is 3.67. The van der Waals surface area contributed by atoms with E-state index in [4.69, 9.17) is 0 Å². The Balaban J connectivity index is 2.02. The van der Waals surface area contributed by atoms with E-state index in [2.05, 4.69) is 6.07 Å². The molecule has 3 aromatic carbocycles. The van der Waals surface area contributed by atoms with Gasteiger partial charge in [0.1, 0.15) is 5.76 Å². The van der Waals surface area contributed by atoms with Gasteiger partial charge in [-0.2, -0.15) is 0 Å². The highest BCUT2D eigenvalue weighted by Gasteiger charge is 2.42. The van der Waals surface area contributed by atoms with E-state index in [0.29, 0.717) is 5.31 Å². The van der Waals surface area contributed by atoms with Gasteiger partial charge in [-0.05, 0) is 25.5 Å². The fraction of sp³-hybridized carbons (Fsp3) is 0.0909. The summed E-state index contributed by atoms with van der Waals surface area (Å²) >= 11 is 0. The molecule has 1 aliphatic carbocycles. The van der Waals surface area contributed by atoms with Gasteiger partial charge in [-0.25, -0.2) is 0 Å². The highest BCUT2D eigenvalue weighted by atomic mass is 31.2. The van der Waals surface area contributed by atoms with Crippen molar-refractivity contribution in [3.63, 3.8) is 0 Å². The summed E-state index contributed by atoms with van der Waals surface area (Å²) in [4.78, 5) is 0. The second-order valence-corrected chi connectivity index (χ2v) is 9.18. The zero-order chi connectivity index (χ0) is 17.6. The van der Waals surface area contributed by atoms with Gasteiger partial charge in [-0.15, -0.1) is 0 Å². The molecular formula is C22H19O2P. The third kappa shape index (κ3) is 2.29. The van der Waals surface area contributed by atoms with Gasteiger partial charge in [0.2, 0.25) is 0 Å². The SMILES string of the molecule is Cc1cc(C)c2c(c1)C(O)=C2P(=O)(c1ccccc1)c1ccccc1. The highest BCUT2D eigenvalue weighted by Crippen LogP contribution is 2.64. The zero-order valence-corrected chi connectivity index (χ0v) is 15.1. The van der Waals surface area contributed by atoms with E-state index < -0.39 is 7.14 Å². The number of aliphatic hydroxyl groups is 1. The van der Waals surface area contributed by atoms with Crippen molar-refractivity contribution < 1.29 is 9.67 Å². The molecule has 0 aliphatic heterocycles. The van der Waals surface area contributed by atoms with Crippen LogP contribution in [0.5, 0.6) is 0 Å². The molecule has 4 rings (SSSR count).